The van der Waals surface area contributed by atoms with E-state index in [1.54, 1.807) is 6.20 Å². The Labute approximate surface area is 127 Å². The number of hydrogen-bond donors (Lipinski definition) is 1. The first kappa shape index (κ1) is 13.7. The first-order valence-electron chi connectivity index (χ1n) is 6.63. The average molecular weight is 300 g/mol. The lowest BCUT2D eigenvalue weighted by atomic mass is 10.2. The molecule has 3 aromatic rings. The molecule has 21 heavy (non-hydrogen) atoms. The largest absolute Gasteiger partial charge is 0.294 e. The van der Waals surface area contributed by atoms with Crippen LogP contribution in [0.15, 0.2) is 24.4 Å². The SMILES string of the molecule is Cc1nn(C)c(C)c1Cn1c(-c2ccccn2)n[nH]c1=S. The van der Waals surface area contributed by atoms with Crippen molar-refractivity contribution in [3.63, 3.8) is 0 Å². The molecule has 0 spiro atoms. The van der Waals surface area contributed by atoms with Gasteiger partial charge >= 0.3 is 0 Å². The number of aromatic nitrogens is 6. The molecular formula is C14H16N6S. The molecule has 0 amide bonds. The highest BCUT2D eigenvalue weighted by atomic mass is 32.1. The highest BCUT2D eigenvalue weighted by molar-refractivity contribution is 7.71. The Morgan fingerprint density at radius 1 is 1.29 bits per heavy atom. The fraction of sp³-hybridized carbons (Fsp3) is 0.286. The zero-order valence-corrected chi connectivity index (χ0v) is 13.0. The lowest BCUT2D eigenvalue weighted by Gasteiger charge is -2.07. The summed E-state index contributed by atoms with van der Waals surface area (Å²) >= 11 is 5.36. The topological polar surface area (TPSA) is 64.3 Å². The van der Waals surface area contributed by atoms with Crippen molar-refractivity contribution in [3.8, 4) is 11.5 Å². The molecule has 1 N–H and O–H groups in total. The van der Waals surface area contributed by atoms with Crippen LogP contribution in [-0.4, -0.2) is 29.5 Å². The van der Waals surface area contributed by atoms with Crippen molar-refractivity contribution >= 4 is 12.2 Å². The summed E-state index contributed by atoms with van der Waals surface area (Å²) in [6.07, 6.45) is 1.75. The van der Waals surface area contributed by atoms with Crippen LogP contribution in [0.25, 0.3) is 11.5 Å². The predicted octanol–water partition coefficient (Wildman–Crippen LogP) is 2.40. The van der Waals surface area contributed by atoms with Gasteiger partial charge < -0.3 is 0 Å². The molecule has 0 aliphatic heterocycles. The van der Waals surface area contributed by atoms with E-state index in [1.165, 1.54) is 0 Å². The number of nitrogens with zero attached hydrogens (tertiary/aromatic N) is 5. The molecule has 108 valence electrons. The van der Waals surface area contributed by atoms with Gasteiger partial charge in [0.25, 0.3) is 0 Å². The van der Waals surface area contributed by atoms with Crippen molar-refractivity contribution in [1.82, 2.24) is 29.5 Å². The molecule has 0 aliphatic rings. The van der Waals surface area contributed by atoms with Crippen molar-refractivity contribution in [2.24, 2.45) is 7.05 Å². The van der Waals surface area contributed by atoms with Crippen LogP contribution < -0.4 is 0 Å². The average Bonchev–Trinajstić information content (AvgIpc) is 2.96. The van der Waals surface area contributed by atoms with Gasteiger partial charge in [0.1, 0.15) is 5.69 Å². The van der Waals surface area contributed by atoms with Gasteiger partial charge in [-0.05, 0) is 38.2 Å². The lowest BCUT2D eigenvalue weighted by Crippen LogP contribution is -2.05. The predicted molar refractivity (Wildman–Crippen MR) is 82.4 cm³/mol. The third-order valence-electron chi connectivity index (χ3n) is 3.63. The van der Waals surface area contributed by atoms with Gasteiger partial charge in [0, 0.05) is 24.5 Å². The van der Waals surface area contributed by atoms with Gasteiger partial charge in [0.05, 0.1) is 12.2 Å². The van der Waals surface area contributed by atoms with Gasteiger partial charge in [0.2, 0.25) is 0 Å². The summed E-state index contributed by atoms with van der Waals surface area (Å²) in [7, 11) is 1.94. The molecule has 7 heteroatoms. The summed E-state index contributed by atoms with van der Waals surface area (Å²) in [5.74, 6) is 0.739. The van der Waals surface area contributed by atoms with Crippen molar-refractivity contribution in [2.75, 3.05) is 0 Å². The van der Waals surface area contributed by atoms with Crippen LogP contribution in [0.4, 0.5) is 0 Å². The Bertz CT molecular complexity index is 827. The Hall–Kier alpha value is -2.28. The standard InChI is InChI=1S/C14H16N6S/c1-9-11(10(2)19(3)18-9)8-20-13(16-17-14(20)21)12-6-4-5-7-15-12/h4-7H,8H2,1-3H3,(H,17,21). The zero-order valence-electron chi connectivity index (χ0n) is 12.2. The summed E-state index contributed by atoms with van der Waals surface area (Å²) < 4.78 is 4.42. The first-order chi connectivity index (χ1) is 10.1. The van der Waals surface area contributed by atoms with Crippen molar-refractivity contribution in [3.05, 3.63) is 46.1 Å². The second-order valence-corrected chi connectivity index (χ2v) is 5.31. The van der Waals surface area contributed by atoms with Crippen molar-refractivity contribution in [1.29, 1.82) is 0 Å². The second-order valence-electron chi connectivity index (χ2n) is 4.93. The molecule has 0 radical (unpaired) electrons. The van der Waals surface area contributed by atoms with E-state index >= 15 is 0 Å². The molecule has 0 fully saturated rings. The van der Waals surface area contributed by atoms with Gasteiger partial charge in [0.15, 0.2) is 10.6 Å². The molecular weight excluding hydrogens is 284 g/mol. The maximum absolute atomic E-state index is 5.36. The van der Waals surface area contributed by atoms with Gasteiger partial charge in [-0.1, -0.05) is 6.07 Å². The van der Waals surface area contributed by atoms with E-state index in [-0.39, 0.29) is 0 Å². The summed E-state index contributed by atoms with van der Waals surface area (Å²) in [5, 5.41) is 11.6. The van der Waals surface area contributed by atoms with Crippen molar-refractivity contribution in [2.45, 2.75) is 20.4 Å². The van der Waals surface area contributed by atoms with E-state index in [0.29, 0.717) is 11.3 Å². The molecule has 0 saturated heterocycles. The molecule has 0 unspecified atom stereocenters. The minimum absolute atomic E-state index is 0.582. The molecule has 3 rings (SSSR count). The summed E-state index contributed by atoms with van der Waals surface area (Å²) in [5.41, 5.74) is 4.09. The second kappa shape index (κ2) is 5.25. The molecule has 0 aliphatic carbocycles. The Morgan fingerprint density at radius 2 is 2.10 bits per heavy atom. The van der Waals surface area contributed by atoms with Crippen LogP contribution in [0.1, 0.15) is 17.0 Å². The fourth-order valence-electron chi connectivity index (χ4n) is 2.36. The van der Waals surface area contributed by atoms with Gasteiger partial charge in [-0.3, -0.25) is 19.3 Å². The smallest absolute Gasteiger partial charge is 0.195 e. The van der Waals surface area contributed by atoms with Gasteiger partial charge in [-0.25, -0.2) is 0 Å². The first-order valence-corrected chi connectivity index (χ1v) is 7.04. The van der Waals surface area contributed by atoms with Crippen LogP contribution in [0.3, 0.4) is 0 Å². The molecule has 3 heterocycles. The minimum atomic E-state index is 0.582. The van der Waals surface area contributed by atoms with Crippen LogP contribution in [0.2, 0.25) is 0 Å². The molecule has 0 atom stereocenters. The summed E-state index contributed by atoms with van der Waals surface area (Å²) in [6.45, 7) is 4.69. The van der Waals surface area contributed by atoms with Crippen LogP contribution in [-0.2, 0) is 13.6 Å². The lowest BCUT2D eigenvalue weighted by molar-refractivity contribution is 0.726. The summed E-state index contributed by atoms with van der Waals surface area (Å²) in [6, 6.07) is 5.74. The van der Waals surface area contributed by atoms with E-state index in [0.717, 1.165) is 28.5 Å². The maximum atomic E-state index is 5.36. The number of aromatic amines is 1. The highest BCUT2D eigenvalue weighted by Crippen LogP contribution is 2.19. The Kier molecular flexibility index (Phi) is 3.42. The van der Waals surface area contributed by atoms with E-state index < -0.39 is 0 Å². The Morgan fingerprint density at radius 3 is 2.71 bits per heavy atom. The highest BCUT2D eigenvalue weighted by Gasteiger charge is 2.15. The van der Waals surface area contributed by atoms with Gasteiger partial charge in [-0.2, -0.15) is 10.2 Å². The van der Waals surface area contributed by atoms with E-state index in [9.17, 15) is 0 Å². The number of aryl methyl sites for hydroxylation is 2. The quantitative estimate of drug-likeness (QED) is 0.754. The van der Waals surface area contributed by atoms with Crippen LogP contribution in [0.5, 0.6) is 0 Å². The zero-order chi connectivity index (χ0) is 15.0. The number of rotatable bonds is 3. The van der Waals surface area contributed by atoms with Crippen LogP contribution in [0, 0.1) is 18.6 Å². The molecule has 0 saturated carbocycles. The number of pyridine rings is 1. The molecule has 6 nitrogen and oxygen atoms in total. The number of H-pyrrole nitrogens is 1. The Balaban J connectivity index is 2.08. The maximum Gasteiger partial charge on any atom is 0.195 e. The van der Waals surface area contributed by atoms with E-state index in [2.05, 4.69) is 27.2 Å². The summed E-state index contributed by atoms with van der Waals surface area (Å²) in [4.78, 5) is 4.34. The molecule has 3 aromatic heterocycles. The fourth-order valence-corrected chi connectivity index (χ4v) is 2.56. The molecule has 0 aromatic carbocycles. The third kappa shape index (κ3) is 2.40. The van der Waals surface area contributed by atoms with Gasteiger partial charge in [-0.15, -0.1) is 0 Å². The van der Waals surface area contributed by atoms with Crippen LogP contribution >= 0.6 is 12.2 Å². The monoisotopic (exact) mass is 300 g/mol. The van der Waals surface area contributed by atoms with Crippen molar-refractivity contribution < 1.29 is 0 Å². The number of nitrogens with one attached hydrogen (secondary N) is 1. The van der Waals surface area contributed by atoms with E-state index in [4.69, 9.17) is 12.2 Å². The third-order valence-corrected chi connectivity index (χ3v) is 3.94. The normalized spacial score (nSPS) is 11.0. The molecule has 0 bridgehead atoms. The number of hydrogen-bond acceptors (Lipinski definition) is 4. The minimum Gasteiger partial charge on any atom is -0.294 e. The van der Waals surface area contributed by atoms with E-state index in [1.807, 2.05) is 41.4 Å².